The Morgan fingerprint density at radius 3 is 1.88 bits per heavy atom. The van der Waals surface area contributed by atoms with Gasteiger partial charge in [0.05, 0.1) is 16.7 Å². The van der Waals surface area contributed by atoms with Gasteiger partial charge in [-0.2, -0.15) is 0 Å². The van der Waals surface area contributed by atoms with E-state index in [1.165, 1.54) is 49.7 Å². The predicted octanol–water partition coefficient (Wildman–Crippen LogP) is 15.8. The van der Waals surface area contributed by atoms with Crippen LogP contribution in [0.5, 0.6) is 0 Å². The lowest BCUT2D eigenvalue weighted by Gasteiger charge is -2.30. The molecule has 0 atom stereocenters. The van der Waals surface area contributed by atoms with E-state index >= 15 is 0 Å². The van der Waals surface area contributed by atoms with Crippen LogP contribution in [0.15, 0.2) is 211 Å². The molecule has 2 aromatic heterocycles. The van der Waals surface area contributed by atoms with Crippen LogP contribution in [0, 0.1) is 0 Å². The van der Waals surface area contributed by atoms with Gasteiger partial charge < -0.3 is 13.9 Å². The van der Waals surface area contributed by atoms with Gasteiger partial charge in [-0.1, -0.05) is 159 Å². The Bertz CT molecular complexity index is 3450. The summed E-state index contributed by atoms with van der Waals surface area (Å²) in [6.45, 7) is 4.72. The van der Waals surface area contributed by atoms with Crippen LogP contribution in [0.4, 0.5) is 17.1 Å². The average Bonchev–Trinajstić information content (AvgIpc) is 3.92. The summed E-state index contributed by atoms with van der Waals surface area (Å²) in [5, 5.41) is 4.66. The quantitative estimate of drug-likeness (QED) is 0.168. The lowest BCUT2D eigenvalue weighted by molar-refractivity contribution is 0.660. The van der Waals surface area contributed by atoms with Crippen LogP contribution < -0.4 is 4.90 Å². The topological polar surface area (TPSA) is 21.3 Å². The lowest BCUT2D eigenvalue weighted by Crippen LogP contribution is -2.17. The summed E-state index contributed by atoms with van der Waals surface area (Å²) in [5.74, 6) is 0. The van der Waals surface area contributed by atoms with Gasteiger partial charge in [-0.3, -0.25) is 0 Å². The van der Waals surface area contributed by atoms with E-state index in [9.17, 15) is 0 Å². The van der Waals surface area contributed by atoms with E-state index in [2.05, 4.69) is 230 Å². The normalized spacial score (nSPS) is 13.0. The van der Waals surface area contributed by atoms with Gasteiger partial charge in [0.2, 0.25) is 0 Å². The molecule has 3 heteroatoms. The van der Waals surface area contributed by atoms with Crippen LogP contribution in [0.1, 0.15) is 25.0 Å². The number of benzene rings is 9. The maximum atomic E-state index is 6.61. The predicted molar refractivity (Wildman–Crippen MR) is 251 cm³/mol. The van der Waals surface area contributed by atoms with Gasteiger partial charge in [0.15, 0.2) is 0 Å². The maximum Gasteiger partial charge on any atom is 0.136 e. The van der Waals surface area contributed by atoms with E-state index in [0.29, 0.717) is 0 Å². The molecule has 1 aliphatic rings. The van der Waals surface area contributed by atoms with Gasteiger partial charge in [-0.25, -0.2) is 0 Å². The van der Waals surface area contributed by atoms with Crippen molar-refractivity contribution >= 4 is 60.8 Å². The highest BCUT2D eigenvalue weighted by Crippen LogP contribution is 2.53. The lowest BCUT2D eigenvalue weighted by atomic mass is 9.82. The first-order valence-corrected chi connectivity index (χ1v) is 20.8. The van der Waals surface area contributed by atoms with Gasteiger partial charge in [0.1, 0.15) is 11.2 Å². The van der Waals surface area contributed by atoms with Gasteiger partial charge in [-0.05, 0) is 99.6 Å². The molecule has 0 fully saturated rings. The molecular formula is C57H40N2O. The fraction of sp³-hybridized carbons (Fsp3) is 0.0526. The molecule has 11 aromatic rings. The molecule has 0 bridgehead atoms. The number of fused-ring (bicyclic) bond motifs is 9. The molecule has 0 saturated carbocycles. The molecule has 0 N–H and O–H groups in total. The second kappa shape index (κ2) is 13.2. The molecule has 0 saturated heterocycles. The van der Waals surface area contributed by atoms with E-state index in [1.807, 2.05) is 0 Å². The monoisotopic (exact) mass is 768 g/mol. The van der Waals surface area contributed by atoms with Gasteiger partial charge in [0, 0.05) is 49.6 Å². The Kier molecular flexibility index (Phi) is 7.58. The fourth-order valence-electron chi connectivity index (χ4n) is 9.96. The Morgan fingerprint density at radius 2 is 1.05 bits per heavy atom. The van der Waals surface area contributed by atoms with E-state index in [-0.39, 0.29) is 5.41 Å². The first-order chi connectivity index (χ1) is 29.5. The summed E-state index contributed by atoms with van der Waals surface area (Å²) >= 11 is 0. The zero-order valence-corrected chi connectivity index (χ0v) is 33.4. The van der Waals surface area contributed by atoms with Crippen molar-refractivity contribution in [2.45, 2.75) is 19.3 Å². The fourth-order valence-corrected chi connectivity index (χ4v) is 9.96. The number of aromatic nitrogens is 1. The molecule has 0 aliphatic heterocycles. The van der Waals surface area contributed by atoms with Crippen molar-refractivity contribution in [3.63, 3.8) is 0 Å². The van der Waals surface area contributed by atoms with E-state index < -0.39 is 0 Å². The highest BCUT2D eigenvalue weighted by atomic mass is 16.3. The van der Waals surface area contributed by atoms with Crippen molar-refractivity contribution in [1.82, 2.24) is 4.57 Å². The second-order valence-corrected chi connectivity index (χ2v) is 16.5. The van der Waals surface area contributed by atoms with Crippen molar-refractivity contribution in [3.05, 3.63) is 217 Å². The van der Waals surface area contributed by atoms with Crippen LogP contribution in [0.3, 0.4) is 0 Å². The molecule has 60 heavy (non-hydrogen) atoms. The Labute approximate surface area is 349 Å². The van der Waals surface area contributed by atoms with Crippen LogP contribution in [-0.2, 0) is 5.41 Å². The Balaban J connectivity index is 1.16. The van der Waals surface area contributed by atoms with Crippen LogP contribution in [0.25, 0.3) is 82.8 Å². The number of para-hydroxylation sites is 3. The minimum Gasteiger partial charge on any atom is -0.456 e. The molecule has 2 heterocycles. The van der Waals surface area contributed by atoms with Crippen molar-refractivity contribution in [2.75, 3.05) is 4.90 Å². The Hall–Kier alpha value is -7.62. The molecular weight excluding hydrogens is 729 g/mol. The van der Waals surface area contributed by atoms with Crippen molar-refractivity contribution in [1.29, 1.82) is 0 Å². The van der Waals surface area contributed by atoms with Crippen molar-refractivity contribution in [2.24, 2.45) is 0 Å². The molecule has 284 valence electrons. The summed E-state index contributed by atoms with van der Waals surface area (Å²) in [6.07, 6.45) is 0. The summed E-state index contributed by atoms with van der Waals surface area (Å²) in [6, 6.07) is 75.0. The van der Waals surface area contributed by atoms with Crippen LogP contribution in [-0.4, -0.2) is 4.57 Å². The van der Waals surface area contributed by atoms with Crippen molar-refractivity contribution in [3.8, 4) is 39.1 Å². The second-order valence-electron chi connectivity index (χ2n) is 16.5. The van der Waals surface area contributed by atoms with E-state index in [1.54, 1.807) is 0 Å². The minimum absolute atomic E-state index is 0.169. The third-order valence-corrected chi connectivity index (χ3v) is 12.8. The van der Waals surface area contributed by atoms with E-state index in [0.717, 1.165) is 61.3 Å². The number of nitrogens with zero attached hydrogens (tertiary/aromatic N) is 2. The van der Waals surface area contributed by atoms with Crippen LogP contribution >= 0.6 is 0 Å². The van der Waals surface area contributed by atoms with Gasteiger partial charge >= 0.3 is 0 Å². The number of hydrogen-bond acceptors (Lipinski definition) is 2. The van der Waals surface area contributed by atoms with Gasteiger partial charge in [-0.15, -0.1) is 0 Å². The number of hydrogen-bond donors (Lipinski definition) is 0. The van der Waals surface area contributed by atoms with Crippen molar-refractivity contribution < 1.29 is 4.42 Å². The van der Waals surface area contributed by atoms with Crippen LogP contribution in [0.2, 0.25) is 0 Å². The molecule has 0 radical (unpaired) electrons. The summed E-state index contributed by atoms with van der Waals surface area (Å²) in [4.78, 5) is 2.48. The number of furan rings is 1. The molecule has 1 aliphatic carbocycles. The highest BCUT2D eigenvalue weighted by Gasteiger charge is 2.36. The SMILES string of the molecule is CC1(C)c2ccccc2-c2ccc(N(c3ccc4c5ccccc5n(-c5ccccc5)c4c3)c3ccc4oc5ccccc5c4c3-c3ccc(-c4ccccc4)cc3)cc21. The first kappa shape index (κ1) is 34.4. The summed E-state index contributed by atoms with van der Waals surface area (Å²) in [7, 11) is 0. The van der Waals surface area contributed by atoms with E-state index in [4.69, 9.17) is 4.42 Å². The zero-order valence-electron chi connectivity index (χ0n) is 33.4. The Morgan fingerprint density at radius 1 is 0.433 bits per heavy atom. The number of rotatable bonds is 6. The van der Waals surface area contributed by atoms with Gasteiger partial charge in [0.25, 0.3) is 0 Å². The molecule has 9 aromatic carbocycles. The molecule has 0 spiro atoms. The molecule has 3 nitrogen and oxygen atoms in total. The summed E-state index contributed by atoms with van der Waals surface area (Å²) < 4.78 is 9.02. The summed E-state index contributed by atoms with van der Waals surface area (Å²) in [5.41, 5.74) is 18.2. The highest BCUT2D eigenvalue weighted by molar-refractivity contribution is 6.17. The molecule has 12 rings (SSSR count). The standard InChI is InChI=1S/C57H40N2O/c1-57(2)48-22-12-9-19-43(48)44-31-29-41(35-49(44)57)58(42-30-32-46-45-20-10-13-23-50(45)59(52(46)36-42)40-17-7-4-8-18-40)51-33-34-54-56(47-21-11-14-24-53(47)60-54)55(51)39-27-25-38(26-28-39)37-15-5-3-6-16-37/h3-36H,1-2H3. The zero-order chi connectivity index (χ0) is 40.0. The largest absolute Gasteiger partial charge is 0.456 e. The average molecular weight is 769 g/mol. The third kappa shape index (κ3) is 5.15. The third-order valence-electron chi connectivity index (χ3n) is 12.8. The maximum absolute atomic E-state index is 6.61. The first-order valence-electron chi connectivity index (χ1n) is 20.8. The number of anilines is 3. The smallest absolute Gasteiger partial charge is 0.136 e. The molecule has 0 amide bonds. The minimum atomic E-state index is -0.169. The molecule has 0 unspecified atom stereocenters.